The Balaban J connectivity index is 2.03. The van der Waals surface area contributed by atoms with Gasteiger partial charge in [-0.05, 0) is 36.6 Å². The standard InChI is InChI=1S/C17H22O4/c1-19-15-6-4-5-13(11-15)7-8-14-9-10-16(20-2)17(18,12-14)21-3/h4-6,9-11,18H,7-8,12H2,1-3H3. The first-order valence-electron chi connectivity index (χ1n) is 6.96. The van der Waals surface area contributed by atoms with E-state index in [2.05, 4.69) is 6.07 Å². The van der Waals surface area contributed by atoms with Gasteiger partial charge in [-0.25, -0.2) is 0 Å². The predicted octanol–water partition coefficient (Wildman–Crippen LogP) is 2.82. The molecule has 1 N–H and O–H groups in total. The summed E-state index contributed by atoms with van der Waals surface area (Å²) in [4.78, 5) is 0. The van der Waals surface area contributed by atoms with E-state index in [1.165, 1.54) is 19.8 Å². The Morgan fingerprint density at radius 2 is 1.90 bits per heavy atom. The summed E-state index contributed by atoms with van der Waals surface area (Å²) >= 11 is 0. The van der Waals surface area contributed by atoms with Crippen molar-refractivity contribution in [3.63, 3.8) is 0 Å². The van der Waals surface area contributed by atoms with E-state index in [1.54, 1.807) is 13.2 Å². The van der Waals surface area contributed by atoms with Crippen LogP contribution in [-0.2, 0) is 15.9 Å². The van der Waals surface area contributed by atoms with Gasteiger partial charge in [0.1, 0.15) is 5.75 Å². The number of benzene rings is 1. The first-order chi connectivity index (χ1) is 10.1. The van der Waals surface area contributed by atoms with Crippen molar-refractivity contribution in [2.45, 2.75) is 25.0 Å². The molecule has 21 heavy (non-hydrogen) atoms. The van der Waals surface area contributed by atoms with Crippen LogP contribution in [-0.4, -0.2) is 32.2 Å². The number of methoxy groups -OCH3 is 3. The van der Waals surface area contributed by atoms with Crippen LogP contribution < -0.4 is 4.74 Å². The van der Waals surface area contributed by atoms with Gasteiger partial charge in [0.25, 0.3) is 0 Å². The van der Waals surface area contributed by atoms with E-state index < -0.39 is 5.79 Å². The molecule has 1 atom stereocenters. The monoisotopic (exact) mass is 290 g/mol. The third-order valence-corrected chi connectivity index (χ3v) is 3.75. The summed E-state index contributed by atoms with van der Waals surface area (Å²) in [5.74, 6) is -0.0528. The molecule has 0 bridgehead atoms. The van der Waals surface area contributed by atoms with Crippen LogP contribution in [0.15, 0.2) is 47.7 Å². The number of allylic oxidation sites excluding steroid dienone is 2. The maximum atomic E-state index is 10.4. The van der Waals surface area contributed by atoms with E-state index in [9.17, 15) is 5.11 Å². The number of aliphatic hydroxyl groups is 1. The molecule has 1 unspecified atom stereocenters. The molecule has 1 aliphatic rings. The molecule has 4 nitrogen and oxygen atoms in total. The number of rotatable bonds is 6. The number of hydrogen-bond donors (Lipinski definition) is 1. The highest BCUT2D eigenvalue weighted by Gasteiger charge is 2.35. The molecule has 0 saturated carbocycles. The Morgan fingerprint density at radius 3 is 2.57 bits per heavy atom. The quantitative estimate of drug-likeness (QED) is 0.818. The summed E-state index contributed by atoms with van der Waals surface area (Å²) < 4.78 is 15.6. The Bertz CT molecular complexity index is 547. The second-order valence-corrected chi connectivity index (χ2v) is 5.08. The average molecular weight is 290 g/mol. The summed E-state index contributed by atoms with van der Waals surface area (Å²) in [7, 11) is 4.68. The molecule has 4 heteroatoms. The van der Waals surface area contributed by atoms with Crippen LogP contribution in [0.2, 0.25) is 0 Å². The van der Waals surface area contributed by atoms with Crippen molar-refractivity contribution in [3.8, 4) is 5.75 Å². The molecule has 0 heterocycles. The van der Waals surface area contributed by atoms with Crippen molar-refractivity contribution in [1.82, 2.24) is 0 Å². The van der Waals surface area contributed by atoms with Crippen LogP contribution in [0.4, 0.5) is 0 Å². The van der Waals surface area contributed by atoms with E-state index in [0.29, 0.717) is 12.2 Å². The molecule has 1 aromatic rings. The normalized spacial score (nSPS) is 21.5. The SMILES string of the molecule is COC1=CC=C(CCc2cccc(OC)c2)CC1(O)OC. The van der Waals surface area contributed by atoms with E-state index in [1.807, 2.05) is 24.3 Å². The van der Waals surface area contributed by atoms with Crippen LogP contribution in [0.5, 0.6) is 5.75 Å². The second kappa shape index (κ2) is 6.78. The van der Waals surface area contributed by atoms with E-state index >= 15 is 0 Å². The van der Waals surface area contributed by atoms with Gasteiger partial charge < -0.3 is 19.3 Å². The Hall–Kier alpha value is -1.78. The van der Waals surface area contributed by atoms with E-state index in [-0.39, 0.29) is 0 Å². The lowest BCUT2D eigenvalue weighted by molar-refractivity contribution is -0.179. The molecule has 0 radical (unpaired) electrons. The van der Waals surface area contributed by atoms with Crippen LogP contribution in [0.25, 0.3) is 0 Å². The molecule has 1 aliphatic carbocycles. The molecular formula is C17H22O4. The molecule has 0 aliphatic heterocycles. The molecular weight excluding hydrogens is 268 g/mol. The van der Waals surface area contributed by atoms with Crippen LogP contribution >= 0.6 is 0 Å². The fraction of sp³-hybridized carbons (Fsp3) is 0.412. The van der Waals surface area contributed by atoms with Crippen LogP contribution in [0, 0.1) is 0 Å². The number of ether oxygens (including phenoxy) is 3. The van der Waals surface area contributed by atoms with Gasteiger partial charge in [0.05, 0.1) is 14.2 Å². The zero-order chi connectivity index (χ0) is 15.3. The molecule has 1 aromatic carbocycles. The zero-order valence-electron chi connectivity index (χ0n) is 12.8. The van der Waals surface area contributed by atoms with Gasteiger partial charge >= 0.3 is 0 Å². The van der Waals surface area contributed by atoms with E-state index in [0.717, 1.165) is 24.2 Å². The minimum atomic E-state index is -1.35. The molecule has 0 fully saturated rings. The third-order valence-electron chi connectivity index (χ3n) is 3.75. The largest absolute Gasteiger partial charge is 0.497 e. The summed E-state index contributed by atoms with van der Waals surface area (Å²) in [6.07, 6.45) is 5.93. The summed E-state index contributed by atoms with van der Waals surface area (Å²) in [5, 5.41) is 10.4. The summed E-state index contributed by atoms with van der Waals surface area (Å²) in [5.41, 5.74) is 2.33. The van der Waals surface area contributed by atoms with Crippen molar-refractivity contribution in [2.24, 2.45) is 0 Å². The Labute approximate surface area is 125 Å². The summed E-state index contributed by atoms with van der Waals surface area (Å²) in [6.45, 7) is 0. The highest BCUT2D eigenvalue weighted by atomic mass is 16.6. The van der Waals surface area contributed by atoms with Crippen molar-refractivity contribution < 1.29 is 19.3 Å². The van der Waals surface area contributed by atoms with Crippen molar-refractivity contribution in [2.75, 3.05) is 21.3 Å². The third kappa shape index (κ3) is 3.65. The predicted molar refractivity (Wildman–Crippen MR) is 81.1 cm³/mol. The first-order valence-corrected chi connectivity index (χ1v) is 6.96. The van der Waals surface area contributed by atoms with Crippen LogP contribution in [0.1, 0.15) is 18.4 Å². The molecule has 0 aromatic heterocycles. The Morgan fingerprint density at radius 1 is 1.10 bits per heavy atom. The molecule has 0 spiro atoms. The minimum absolute atomic E-state index is 0.424. The van der Waals surface area contributed by atoms with Crippen molar-refractivity contribution in [1.29, 1.82) is 0 Å². The zero-order valence-corrected chi connectivity index (χ0v) is 12.8. The average Bonchev–Trinajstić information content (AvgIpc) is 2.53. The highest BCUT2D eigenvalue weighted by Crippen LogP contribution is 2.32. The Kier molecular flexibility index (Phi) is 5.04. The highest BCUT2D eigenvalue weighted by molar-refractivity contribution is 5.31. The van der Waals surface area contributed by atoms with Gasteiger partial charge in [-0.2, -0.15) is 0 Å². The first kappa shape index (κ1) is 15.6. The lowest BCUT2D eigenvalue weighted by Gasteiger charge is -2.31. The van der Waals surface area contributed by atoms with Crippen molar-refractivity contribution >= 4 is 0 Å². The fourth-order valence-corrected chi connectivity index (χ4v) is 2.48. The number of hydrogen-bond acceptors (Lipinski definition) is 4. The molecule has 2 rings (SSSR count). The number of aryl methyl sites for hydroxylation is 1. The summed E-state index contributed by atoms with van der Waals surface area (Å²) in [6, 6.07) is 8.02. The van der Waals surface area contributed by atoms with Gasteiger partial charge in [-0.3, -0.25) is 0 Å². The lowest BCUT2D eigenvalue weighted by Crippen LogP contribution is -2.36. The fourth-order valence-electron chi connectivity index (χ4n) is 2.48. The van der Waals surface area contributed by atoms with E-state index in [4.69, 9.17) is 14.2 Å². The minimum Gasteiger partial charge on any atom is -0.497 e. The van der Waals surface area contributed by atoms with Gasteiger partial charge in [0.15, 0.2) is 5.76 Å². The lowest BCUT2D eigenvalue weighted by atomic mass is 9.93. The maximum Gasteiger partial charge on any atom is 0.228 e. The van der Waals surface area contributed by atoms with Gasteiger partial charge in [-0.15, -0.1) is 0 Å². The molecule has 0 saturated heterocycles. The van der Waals surface area contributed by atoms with Gasteiger partial charge in [0, 0.05) is 13.5 Å². The smallest absolute Gasteiger partial charge is 0.228 e. The van der Waals surface area contributed by atoms with Crippen LogP contribution in [0.3, 0.4) is 0 Å². The molecule has 0 amide bonds. The second-order valence-electron chi connectivity index (χ2n) is 5.08. The topological polar surface area (TPSA) is 47.9 Å². The van der Waals surface area contributed by atoms with Crippen molar-refractivity contribution in [3.05, 3.63) is 53.3 Å². The maximum absolute atomic E-state index is 10.4. The molecule has 114 valence electrons. The van der Waals surface area contributed by atoms with Gasteiger partial charge in [0.2, 0.25) is 5.79 Å². The van der Waals surface area contributed by atoms with Gasteiger partial charge in [-0.1, -0.05) is 23.8 Å².